The number of rotatable bonds is 7. The molecule has 2 unspecified atom stereocenters. The largest absolute Gasteiger partial charge is 0.313 e. The second kappa shape index (κ2) is 7.85. The summed E-state index contributed by atoms with van der Waals surface area (Å²) in [5.41, 5.74) is 1.08. The van der Waals surface area contributed by atoms with E-state index in [0.29, 0.717) is 17.5 Å². The molecule has 0 saturated carbocycles. The van der Waals surface area contributed by atoms with Gasteiger partial charge in [0.15, 0.2) is 0 Å². The fourth-order valence-electron chi connectivity index (χ4n) is 1.66. The van der Waals surface area contributed by atoms with Crippen molar-refractivity contribution in [3.63, 3.8) is 0 Å². The van der Waals surface area contributed by atoms with Gasteiger partial charge in [-0.2, -0.15) is 0 Å². The van der Waals surface area contributed by atoms with Crippen LogP contribution in [0.1, 0.15) is 25.8 Å². The minimum absolute atomic E-state index is 0.355. The number of nitrogens with one attached hydrogen (secondary N) is 1. The lowest BCUT2D eigenvalue weighted by molar-refractivity contribution is 0.553. The third kappa shape index (κ3) is 5.66. The molecule has 0 spiro atoms. The van der Waals surface area contributed by atoms with Crippen LogP contribution in [0.4, 0.5) is 0 Å². The van der Waals surface area contributed by atoms with E-state index in [1.54, 1.807) is 0 Å². The molecule has 2 nitrogen and oxygen atoms in total. The third-order valence-electron chi connectivity index (χ3n) is 2.61. The Balaban J connectivity index is 2.46. The lowest BCUT2D eigenvalue weighted by atomic mass is 10.2. The van der Waals surface area contributed by atoms with E-state index >= 15 is 0 Å². The van der Waals surface area contributed by atoms with Gasteiger partial charge in [0.1, 0.15) is 0 Å². The third-order valence-corrected chi connectivity index (χ3v) is 4.30. The molecule has 4 heteroatoms. The molecule has 0 saturated heterocycles. The Morgan fingerprint density at radius 3 is 2.47 bits per heavy atom. The zero-order chi connectivity index (χ0) is 12.7. The van der Waals surface area contributed by atoms with Crippen LogP contribution in [0.3, 0.4) is 0 Å². The summed E-state index contributed by atoms with van der Waals surface area (Å²) in [4.78, 5) is 0. The Morgan fingerprint density at radius 2 is 1.94 bits per heavy atom. The highest BCUT2D eigenvalue weighted by atomic mass is 35.5. The van der Waals surface area contributed by atoms with Gasteiger partial charge in [-0.25, -0.2) is 0 Å². The molecule has 0 bridgehead atoms. The number of halogens is 1. The smallest absolute Gasteiger partial charge is 0.0486 e. The fraction of sp³-hybridized carbons (Fsp3) is 0.538. The van der Waals surface area contributed by atoms with E-state index in [-0.39, 0.29) is 0 Å². The summed E-state index contributed by atoms with van der Waals surface area (Å²) in [5, 5.41) is 4.06. The average Bonchev–Trinajstić information content (AvgIpc) is 2.31. The summed E-state index contributed by atoms with van der Waals surface area (Å²) in [6, 6.07) is 7.92. The molecule has 1 aromatic carbocycles. The number of hydrogen-bond acceptors (Lipinski definition) is 2. The van der Waals surface area contributed by atoms with Crippen molar-refractivity contribution >= 4 is 22.4 Å². The molecular formula is C13H20ClNOS. The van der Waals surface area contributed by atoms with Crippen molar-refractivity contribution in [3.05, 3.63) is 34.9 Å². The molecule has 0 radical (unpaired) electrons. The minimum atomic E-state index is -0.815. The molecule has 1 N–H and O–H groups in total. The number of benzene rings is 1. The van der Waals surface area contributed by atoms with Crippen LogP contribution in [0.5, 0.6) is 0 Å². The van der Waals surface area contributed by atoms with Gasteiger partial charge in [-0.05, 0) is 30.7 Å². The van der Waals surface area contributed by atoms with Crippen molar-refractivity contribution in [1.82, 2.24) is 5.32 Å². The van der Waals surface area contributed by atoms with Crippen molar-refractivity contribution in [2.24, 2.45) is 0 Å². The topological polar surface area (TPSA) is 29.1 Å². The highest BCUT2D eigenvalue weighted by Gasteiger charge is 2.10. The molecule has 1 rings (SSSR count). The first-order chi connectivity index (χ1) is 8.15. The zero-order valence-electron chi connectivity index (χ0n) is 10.4. The predicted octanol–water partition coefficient (Wildman–Crippen LogP) is 2.98. The van der Waals surface area contributed by atoms with Crippen LogP contribution in [-0.2, 0) is 16.6 Å². The molecule has 17 heavy (non-hydrogen) atoms. The highest BCUT2D eigenvalue weighted by molar-refractivity contribution is 7.84. The van der Waals surface area contributed by atoms with E-state index in [9.17, 15) is 4.21 Å². The van der Waals surface area contributed by atoms with Crippen LogP contribution in [0.15, 0.2) is 24.3 Å². The van der Waals surface area contributed by atoms with E-state index in [4.69, 9.17) is 11.6 Å². The zero-order valence-corrected chi connectivity index (χ0v) is 12.0. The molecule has 2 atom stereocenters. The van der Waals surface area contributed by atoms with E-state index in [1.165, 1.54) is 0 Å². The first-order valence-electron chi connectivity index (χ1n) is 5.98. The molecule has 1 aromatic rings. The average molecular weight is 274 g/mol. The lowest BCUT2D eigenvalue weighted by Crippen LogP contribution is -2.33. The SMILES string of the molecule is CCNC(CC)CS(=O)Cc1ccc(Cl)cc1. The second-order valence-corrected chi connectivity index (χ2v) is 5.98. The van der Waals surface area contributed by atoms with Gasteiger partial charge < -0.3 is 5.32 Å². The molecule has 0 fully saturated rings. The quantitative estimate of drug-likeness (QED) is 0.828. The second-order valence-electron chi connectivity index (χ2n) is 4.04. The monoisotopic (exact) mass is 273 g/mol. The Kier molecular flexibility index (Phi) is 6.78. The molecule has 0 aliphatic carbocycles. The summed E-state index contributed by atoms with van der Waals surface area (Å²) in [7, 11) is -0.815. The van der Waals surface area contributed by atoms with Crippen molar-refractivity contribution in [2.45, 2.75) is 32.1 Å². The van der Waals surface area contributed by atoms with Gasteiger partial charge in [0.25, 0.3) is 0 Å². The maximum atomic E-state index is 12.0. The normalized spacial score (nSPS) is 14.5. The van der Waals surface area contributed by atoms with Crippen LogP contribution in [0, 0.1) is 0 Å². The Hall–Kier alpha value is -0.380. The summed E-state index contributed by atoms with van der Waals surface area (Å²) >= 11 is 5.81. The van der Waals surface area contributed by atoms with Gasteiger partial charge in [-0.15, -0.1) is 0 Å². The van der Waals surface area contributed by atoms with Crippen LogP contribution < -0.4 is 5.32 Å². The molecule has 0 aliphatic heterocycles. The van der Waals surface area contributed by atoms with Gasteiger partial charge in [0.05, 0.1) is 0 Å². The van der Waals surface area contributed by atoms with Gasteiger partial charge in [-0.3, -0.25) is 4.21 Å². The Bertz CT molecular complexity index is 353. The Morgan fingerprint density at radius 1 is 1.29 bits per heavy atom. The summed E-state index contributed by atoms with van der Waals surface area (Å²) in [6.45, 7) is 5.12. The molecule has 96 valence electrons. The van der Waals surface area contributed by atoms with Gasteiger partial charge >= 0.3 is 0 Å². The summed E-state index contributed by atoms with van der Waals surface area (Å²) < 4.78 is 12.0. The molecule has 0 aromatic heterocycles. The lowest BCUT2D eigenvalue weighted by Gasteiger charge is -2.15. The van der Waals surface area contributed by atoms with E-state index < -0.39 is 10.8 Å². The number of hydrogen-bond donors (Lipinski definition) is 1. The Labute approximate surface area is 111 Å². The van der Waals surface area contributed by atoms with Crippen molar-refractivity contribution in [1.29, 1.82) is 0 Å². The van der Waals surface area contributed by atoms with E-state index in [1.807, 2.05) is 24.3 Å². The van der Waals surface area contributed by atoms with Crippen LogP contribution in [0.25, 0.3) is 0 Å². The molecule has 0 heterocycles. The standard InChI is InChI=1S/C13H20ClNOS/c1-3-13(15-4-2)10-17(16)9-11-5-7-12(14)8-6-11/h5-8,13,15H,3-4,9-10H2,1-2H3. The van der Waals surface area contributed by atoms with E-state index in [0.717, 1.165) is 23.6 Å². The highest BCUT2D eigenvalue weighted by Crippen LogP contribution is 2.11. The minimum Gasteiger partial charge on any atom is -0.313 e. The van der Waals surface area contributed by atoms with Gasteiger partial charge in [-0.1, -0.05) is 37.6 Å². The van der Waals surface area contributed by atoms with E-state index in [2.05, 4.69) is 19.2 Å². The van der Waals surface area contributed by atoms with Gasteiger partial charge in [0.2, 0.25) is 0 Å². The van der Waals surface area contributed by atoms with Crippen molar-refractivity contribution in [2.75, 3.05) is 12.3 Å². The van der Waals surface area contributed by atoms with Crippen LogP contribution in [-0.4, -0.2) is 22.5 Å². The molecule has 0 aliphatic rings. The summed E-state index contributed by atoms with van der Waals surface area (Å²) in [5.74, 6) is 1.33. The van der Waals surface area contributed by atoms with Crippen molar-refractivity contribution in [3.8, 4) is 0 Å². The van der Waals surface area contributed by atoms with Crippen molar-refractivity contribution < 1.29 is 4.21 Å². The first kappa shape index (κ1) is 14.7. The maximum absolute atomic E-state index is 12.0. The van der Waals surface area contributed by atoms with Crippen LogP contribution in [0.2, 0.25) is 5.02 Å². The molecular weight excluding hydrogens is 254 g/mol. The van der Waals surface area contributed by atoms with Crippen LogP contribution >= 0.6 is 11.6 Å². The van der Waals surface area contributed by atoms with Gasteiger partial charge in [0, 0.05) is 33.4 Å². The maximum Gasteiger partial charge on any atom is 0.0486 e. The fourth-order valence-corrected chi connectivity index (χ4v) is 3.27. The predicted molar refractivity (Wildman–Crippen MR) is 75.9 cm³/mol. The summed E-state index contributed by atoms with van der Waals surface area (Å²) in [6.07, 6.45) is 1.01. The first-order valence-corrected chi connectivity index (χ1v) is 7.85. The molecule has 0 amide bonds.